The summed E-state index contributed by atoms with van der Waals surface area (Å²) in [5, 5.41) is 6.66. The van der Waals surface area contributed by atoms with Crippen molar-refractivity contribution in [3.8, 4) is 0 Å². The lowest BCUT2D eigenvalue weighted by Gasteiger charge is -2.18. The van der Waals surface area contributed by atoms with Crippen molar-refractivity contribution < 1.29 is 31.2 Å². The zero-order valence-corrected chi connectivity index (χ0v) is 21.1. The lowest BCUT2D eigenvalue weighted by molar-refractivity contribution is -0.219. The summed E-state index contributed by atoms with van der Waals surface area (Å²) in [6.07, 6.45) is -4.07. The number of anilines is 4. The van der Waals surface area contributed by atoms with Gasteiger partial charge in [-0.3, -0.25) is 0 Å². The molecule has 0 radical (unpaired) electrons. The molecule has 0 amide bonds. The standard InChI is InChI=1S/C21H19ClF3N5O4S2/c1-3-35-17-9-8-15(36(32,33)30(2)34-20(31)21(23,24)25)10-16(17)29-19-11-18(26-12-27-19)28-14-6-4-13(22)5-7-14/h4-12H,3H2,1-2H3,(H2,26,27,28,29). The predicted octanol–water partition coefficient (Wildman–Crippen LogP) is 5.37. The van der Waals surface area contributed by atoms with Crippen molar-refractivity contribution in [3.05, 3.63) is 59.9 Å². The van der Waals surface area contributed by atoms with Gasteiger partial charge in [-0.2, -0.15) is 13.2 Å². The number of benzene rings is 2. The van der Waals surface area contributed by atoms with Gasteiger partial charge in [0.15, 0.2) is 0 Å². The number of nitrogens with zero attached hydrogens (tertiary/aromatic N) is 3. The van der Waals surface area contributed by atoms with E-state index >= 15 is 0 Å². The van der Waals surface area contributed by atoms with E-state index in [1.165, 1.54) is 36.3 Å². The van der Waals surface area contributed by atoms with Crippen LogP contribution >= 0.6 is 23.4 Å². The minimum absolute atomic E-state index is 0.132. The quantitative estimate of drug-likeness (QED) is 0.263. The molecule has 0 saturated carbocycles. The summed E-state index contributed by atoms with van der Waals surface area (Å²) in [6.45, 7) is 1.89. The molecule has 2 N–H and O–H groups in total. The smallest absolute Gasteiger partial charge is 0.345 e. The summed E-state index contributed by atoms with van der Waals surface area (Å²) in [5.74, 6) is -1.27. The second-order valence-electron chi connectivity index (χ2n) is 6.93. The van der Waals surface area contributed by atoms with Crippen LogP contribution in [0.5, 0.6) is 0 Å². The average molecular weight is 562 g/mol. The van der Waals surface area contributed by atoms with Gasteiger partial charge in [-0.1, -0.05) is 18.5 Å². The molecule has 0 spiro atoms. The third-order valence-electron chi connectivity index (χ3n) is 4.38. The molecule has 0 aliphatic heterocycles. The van der Waals surface area contributed by atoms with Crippen LogP contribution in [-0.2, 0) is 19.7 Å². The molecule has 0 saturated heterocycles. The Hall–Kier alpha value is -3.07. The van der Waals surface area contributed by atoms with Crippen LogP contribution in [0.3, 0.4) is 0 Å². The van der Waals surface area contributed by atoms with E-state index in [0.29, 0.717) is 40.0 Å². The van der Waals surface area contributed by atoms with Crippen molar-refractivity contribution in [3.63, 3.8) is 0 Å². The first-order valence-corrected chi connectivity index (χ1v) is 12.9. The van der Waals surface area contributed by atoms with Crippen LogP contribution in [0.15, 0.2) is 64.6 Å². The number of thioether (sulfide) groups is 1. The number of hydrogen-bond donors (Lipinski definition) is 2. The van der Waals surface area contributed by atoms with E-state index in [4.69, 9.17) is 11.6 Å². The molecule has 1 aromatic heterocycles. The number of hydrogen-bond acceptors (Lipinski definition) is 9. The van der Waals surface area contributed by atoms with E-state index in [-0.39, 0.29) is 4.47 Å². The van der Waals surface area contributed by atoms with E-state index in [1.807, 2.05) is 6.92 Å². The molecule has 192 valence electrons. The van der Waals surface area contributed by atoms with Gasteiger partial charge < -0.3 is 15.5 Å². The first-order valence-electron chi connectivity index (χ1n) is 10.1. The Kier molecular flexibility index (Phi) is 8.66. The lowest BCUT2D eigenvalue weighted by atomic mass is 10.3. The number of carbonyl (C=O) groups is 1. The highest BCUT2D eigenvalue weighted by Gasteiger charge is 2.43. The van der Waals surface area contributed by atoms with Crippen molar-refractivity contribution in [1.29, 1.82) is 0 Å². The number of alkyl halides is 3. The molecular weight excluding hydrogens is 543 g/mol. The third kappa shape index (κ3) is 7.00. The van der Waals surface area contributed by atoms with Crippen LogP contribution in [0.4, 0.5) is 36.2 Å². The van der Waals surface area contributed by atoms with Gasteiger partial charge in [0.1, 0.15) is 18.0 Å². The van der Waals surface area contributed by atoms with Crippen molar-refractivity contribution in [2.75, 3.05) is 23.4 Å². The summed E-state index contributed by atoms with van der Waals surface area (Å²) in [4.78, 5) is 23.6. The monoisotopic (exact) mass is 561 g/mol. The van der Waals surface area contributed by atoms with Crippen LogP contribution < -0.4 is 10.6 Å². The molecule has 0 aliphatic carbocycles. The highest BCUT2D eigenvalue weighted by molar-refractivity contribution is 7.99. The Morgan fingerprint density at radius 3 is 2.33 bits per heavy atom. The Morgan fingerprint density at radius 2 is 1.72 bits per heavy atom. The average Bonchev–Trinajstić information content (AvgIpc) is 2.81. The van der Waals surface area contributed by atoms with Crippen LogP contribution in [-0.4, -0.2) is 47.8 Å². The number of aromatic nitrogens is 2. The van der Waals surface area contributed by atoms with Crippen molar-refractivity contribution in [2.24, 2.45) is 0 Å². The lowest BCUT2D eigenvalue weighted by Crippen LogP contribution is -2.36. The highest BCUT2D eigenvalue weighted by Crippen LogP contribution is 2.33. The Labute approximate surface area is 214 Å². The molecule has 0 unspecified atom stereocenters. The Morgan fingerprint density at radius 1 is 1.08 bits per heavy atom. The van der Waals surface area contributed by atoms with Gasteiger partial charge in [-0.15, -0.1) is 11.8 Å². The molecule has 0 fully saturated rings. The largest absolute Gasteiger partial charge is 0.492 e. The Bertz CT molecular complexity index is 1340. The van der Waals surface area contributed by atoms with Gasteiger partial charge >= 0.3 is 12.1 Å². The first kappa shape index (κ1) is 27.5. The Balaban J connectivity index is 1.88. The molecule has 9 nitrogen and oxygen atoms in total. The minimum atomic E-state index is -5.36. The molecule has 36 heavy (non-hydrogen) atoms. The van der Waals surface area contributed by atoms with Gasteiger partial charge in [0, 0.05) is 28.7 Å². The van der Waals surface area contributed by atoms with Crippen molar-refractivity contribution in [2.45, 2.75) is 22.9 Å². The fraction of sp³-hybridized carbons (Fsp3) is 0.190. The van der Waals surface area contributed by atoms with Crippen molar-refractivity contribution in [1.82, 2.24) is 14.4 Å². The second kappa shape index (κ2) is 11.3. The van der Waals surface area contributed by atoms with Gasteiger partial charge in [0.25, 0.3) is 10.0 Å². The van der Waals surface area contributed by atoms with Gasteiger partial charge in [-0.25, -0.2) is 23.2 Å². The maximum atomic E-state index is 12.8. The number of rotatable bonds is 9. The van der Waals surface area contributed by atoms with Gasteiger partial charge in [0.05, 0.1) is 10.6 Å². The number of halogens is 4. The predicted molar refractivity (Wildman–Crippen MR) is 130 cm³/mol. The van der Waals surface area contributed by atoms with Gasteiger partial charge in [0.2, 0.25) is 0 Å². The van der Waals surface area contributed by atoms with Crippen LogP contribution in [0, 0.1) is 0 Å². The fourth-order valence-electron chi connectivity index (χ4n) is 2.73. The number of sulfonamides is 1. The van der Waals surface area contributed by atoms with Crippen LogP contribution in [0.2, 0.25) is 5.02 Å². The van der Waals surface area contributed by atoms with E-state index < -0.39 is 27.1 Å². The van der Waals surface area contributed by atoms with E-state index in [9.17, 15) is 26.4 Å². The molecule has 15 heteroatoms. The summed E-state index contributed by atoms with van der Waals surface area (Å²) >= 11 is 7.29. The fourth-order valence-corrected chi connectivity index (χ4v) is 4.56. The summed E-state index contributed by atoms with van der Waals surface area (Å²) in [6, 6.07) is 12.4. The first-order chi connectivity index (χ1) is 16.9. The van der Waals surface area contributed by atoms with E-state index in [0.717, 1.165) is 5.69 Å². The van der Waals surface area contributed by atoms with E-state index in [1.54, 1.807) is 30.3 Å². The van der Waals surface area contributed by atoms with Crippen LogP contribution in [0.1, 0.15) is 6.92 Å². The summed E-state index contributed by atoms with van der Waals surface area (Å²) in [7, 11) is -3.91. The third-order valence-corrected chi connectivity index (χ3v) is 7.19. The van der Waals surface area contributed by atoms with Crippen molar-refractivity contribution >= 4 is 62.4 Å². The molecule has 3 rings (SSSR count). The minimum Gasteiger partial charge on any atom is -0.345 e. The zero-order valence-electron chi connectivity index (χ0n) is 18.7. The van der Waals surface area contributed by atoms with Gasteiger partial charge in [-0.05, 0) is 52.7 Å². The number of hydroxylamine groups is 1. The molecular formula is C21H19ClF3N5O4S2. The summed E-state index contributed by atoms with van der Waals surface area (Å²) in [5.41, 5.74) is 1.03. The molecule has 0 bridgehead atoms. The summed E-state index contributed by atoms with van der Waals surface area (Å²) < 4.78 is 62.9. The molecule has 0 aliphatic rings. The maximum Gasteiger partial charge on any atom is 0.492 e. The van der Waals surface area contributed by atoms with E-state index in [2.05, 4.69) is 25.4 Å². The molecule has 3 aromatic rings. The number of carbonyl (C=O) groups excluding carboxylic acids is 1. The maximum absolute atomic E-state index is 12.8. The topological polar surface area (TPSA) is 114 Å². The number of nitrogens with one attached hydrogen (secondary N) is 2. The normalized spacial score (nSPS) is 11.9. The second-order valence-corrected chi connectivity index (χ2v) is 10.6. The molecule has 1 heterocycles. The highest BCUT2D eigenvalue weighted by atomic mass is 35.5. The SMILES string of the molecule is CCSc1ccc(S(=O)(=O)N(C)OC(=O)C(F)(F)F)cc1Nc1cc(Nc2ccc(Cl)cc2)ncn1. The van der Waals surface area contributed by atoms with Crippen LogP contribution in [0.25, 0.3) is 0 Å². The molecule has 0 atom stereocenters. The molecule has 2 aromatic carbocycles. The zero-order chi connectivity index (χ0) is 26.5.